The van der Waals surface area contributed by atoms with Gasteiger partial charge in [0, 0.05) is 35.4 Å². The van der Waals surface area contributed by atoms with Gasteiger partial charge >= 0.3 is 6.18 Å². The van der Waals surface area contributed by atoms with E-state index in [0.29, 0.717) is 29.0 Å². The molecule has 2 N–H and O–H groups in total. The second-order valence-electron chi connectivity index (χ2n) is 6.93. The number of fused-ring (bicyclic) bond motifs is 1. The van der Waals surface area contributed by atoms with Crippen molar-refractivity contribution >= 4 is 33.8 Å². The van der Waals surface area contributed by atoms with Gasteiger partial charge in [-0.1, -0.05) is 12.1 Å². The molecule has 0 radical (unpaired) electrons. The summed E-state index contributed by atoms with van der Waals surface area (Å²) >= 11 is 0. The van der Waals surface area contributed by atoms with E-state index in [1.807, 2.05) is 12.1 Å². The Kier molecular flexibility index (Phi) is 5.59. The summed E-state index contributed by atoms with van der Waals surface area (Å²) in [5, 5.41) is 17.7. The van der Waals surface area contributed by atoms with E-state index in [1.165, 1.54) is 30.6 Å². The Balaban J connectivity index is 1.53. The maximum Gasteiger partial charge on any atom is 0.416 e. The zero-order valence-electron chi connectivity index (χ0n) is 16.4. The summed E-state index contributed by atoms with van der Waals surface area (Å²) in [6.45, 7) is 0.443. The van der Waals surface area contributed by atoms with Crippen molar-refractivity contribution in [2.45, 2.75) is 12.7 Å². The molecule has 4 rings (SSSR count). The molecule has 0 aliphatic rings. The second-order valence-corrected chi connectivity index (χ2v) is 6.93. The second kappa shape index (κ2) is 8.50. The number of nitro groups is 1. The van der Waals surface area contributed by atoms with E-state index in [1.54, 1.807) is 18.2 Å². The number of aromatic nitrogens is 2. The molecule has 162 valence electrons. The Morgan fingerprint density at radius 2 is 1.59 bits per heavy atom. The minimum atomic E-state index is -4.40. The highest BCUT2D eigenvalue weighted by atomic mass is 19.4. The minimum absolute atomic E-state index is 0.0237. The Hall–Kier alpha value is -4.21. The van der Waals surface area contributed by atoms with Gasteiger partial charge in [0.15, 0.2) is 0 Å². The van der Waals surface area contributed by atoms with Crippen LogP contribution in [0.5, 0.6) is 0 Å². The van der Waals surface area contributed by atoms with E-state index in [-0.39, 0.29) is 5.69 Å². The highest BCUT2D eigenvalue weighted by molar-refractivity contribution is 5.92. The number of rotatable bonds is 6. The molecule has 0 aliphatic heterocycles. The van der Waals surface area contributed by atoms with Gasteiger partial charge in [0.1, 0.15) is 12.1 Å². The molecule has 7 nitrogen and oxygen atoms in total. The molecule has 0 atom stereocenters. The molecule has 32 heavy (non-hydrogen) atoms. The first-order chi connectivity index (χ1) is 15.3. The van der Waals surface area contributed by atoms with E-state index in [9.17, 15) is 23.3 Å². The number of nitrogens with zero attached hydrogens (tertiary/aromatic N) is 3. The number of non-ortho nitro benzene ring substituents is 1. The quantitative estimate of drug-likeness (QED) is 0.286. The van der Waals surface area contributed by atoms with E-state index < -0.39 is 16.7 Å². The van der Waals surface area contributed by atoms with Crippen molar-refractivity contribution in [3.8, 4) is 0 Å². The minimum Gasteiger partial charge on any atom is -0.381 e. The van der Waals surface area contributed by atoms with E-state index in [0.717, 1.165) is 23.4 Å². The summed E-state index contributed by atoms with van der Waals surface area (Å²) in [5.41, 5.74) is 2.05. The summed E-state index contributed by atoms with van der Waals surface area (Å²) in [6, 6.07) is 16.4. The number of hydrogen-bond acceptors (Lipinski definition) is 6. The Labute approximate surface area is 180 Å². The van der Waals surface area contributed by atoms with Crippen molar-refractivity contribution in [1.29, 1.82) is 0 Å². The van der Waals surface area contributed by atoms with Crippen LogP contribution >= 0.6 is 0 Å². The summed E-state index contributed by atoms with van der Waals surface area (Å²) in [4.78, 5) is 18.8. The van der Waals surface area contributed by atoms with Crippen molar-refractivity contribution < 1.29 is 18.1 Å². The molecule has 1 heterocycles. The fourth-order valence-corrected chi connectivity index (χ4v) is 3.09. The Bertz CT molecular complexity index is 1260. The average Bonchev–Trinajstić information content (AvgIpc) is 2.78. The standard InChI is InChI=1S/C22H16F3N5O2/c23-22(24,25)15-3-5-16(6-4-15)29-21-19-11-17(7-10-20(19)27-13-28-21)26-12-14-1-8-18(9-2-14)30(31)32/h1-11,13,26H,12H2,(H,27,28,29). The van der Waals surface area contributed by atoms with Crippen LogP contribution in [0.25, 0.3) is 10.9 Å². The molecule has 0 saturated carbocycles. The van der Waals surface area contributed by atoms with Gasteiger partial charge in [0.2, 0.25) is 0 Å². The monoisotopic (exact) mass is 439 g/mol. The SMILES string of the molecule is O=[N+]([O-])c1ccc(CNc2ccc3ncnc(Nc4ccc(C(F)(F)F)cc4)c3c2)cc1. The zero-order chi connectivity index (χ0) is 22.7. The largest absolute Gasteiger partial charge is 0.416 e. The molecular formula is C22H16F3N5O2. The first kappa shape index (κ1) is 21.0. The van der Waals surface area contributed by atoms with Gasteiger partial charge in [-0.15, -0.1) is 0 Å². The molecule has 0 bridgehead atoms. The van der Waals surface area contributed by atoms with Gasteiger partial charge in [-0.05, 0) is 48.0 Å². The molecule has 0 amide bonds. The van der Waals surface area contributed by atoms with Crippen molar-refractivity contribution in [3.05, 3.63) is 94.3 Å². The molecule has 0 unspecified atom stereocenters. The summed E-state index contributed by atoms with van der Waals surface area (Å²) in [6.07, 6.45) is -3.02. The predicted molar refractivity (Wildman–Crippen MR) is 115 cm³/mol. The topological polar surface area (TPSA) is 93.0 Å². The van der Waals surface area contributed by atoms with Crippen molar-refractivity contribution in [3.63, 3.8) is 0 Å². The molecule has 1 aromatic heterocycles. The maximum atomic E-state index is 12.8. The van der Waals surface area contributed by atoms with E-state index in [4.69, 9.17) is 0 Å². The Morgan fingerprint density at radius 3 is 2.25 bits per heavy atom. The van der Waals surface area contributed by atoms with Gasteiger partial charge in [-0.3, -0.25) is 10.1 Å². The van der Waals surface area contributed by atoms with Crippen LogP contribution in [0.2, 0.25) is 0 Å². The van der Waals surface area contributed by atoms with E-state index >= 15 is 0 Å². The normalized spacial score (nSPS) is 11.3. The molecule has 4 aromatic rings. The lowest BCUT2D eigenvalue weighted by Crippen LogP contribution is -2.04. The highest BCUT2D eigenvalue weighted by Gasteiger charge is 2.29. The van der Waals surface area contributed by atoms with Crippen LogP contribution in [-0.2, 0) is 12.7 Å². The van der Waals surface area contributed by atoms with Crippen molar-refractivity contribution in [2.24, 2.45) is 0 Å². The first-order valence-electron chi connectivity index (χ1n) is 9.46. The van der Waals surface area contributed by atoms with Gasteiger partial charge in [-0.25, -0.2) is 9.97 Å². The number of benzene rings is 3. The van der Waals surface area contributed by atoms with Gasteiger partial charge in [-0.2, -0.15) is 13.2 Å². The molecule has 0 aliphatic carbocycles. The van der Waals surface area contributed by atoms with Crippen molar-refractivity contribution in [2.75, 3.05) is 10.6 Å². The third kappa shape index (κ3) is 4.75. The molecular weight excluding hydrogens is 423 g/mol. The van der Waals surface area contributed by atoms with Crippen LogP contribution in [0, 0.1) is 10.1 Å². The fraction of sp³-hybridized carbons (Fsp3) is 0.0909. The van der Waals surface area contributed by atoms with Gasteiger partial charge in [0.05, 0.1) is 16.0 Å². The van der Waals surface area contributed by atoms with Crippen LogP contribution in [0.15, 0.2) is 73.1 Å². The van der Waals surface area contributed by atoms with Crippen LogP contribution in [0.1, 0.15) is 11.1 Å². The Morgan fingerprint density at radius 1 is 0.906 bits per heavy atom. The summed E-state index contributed by atoms with van der Waals surface area (Å²) in [5.74, 6) is 0.453. The number of anilines is 3. The maximum absolute atomic E-state index is 12.8. The molecule has 0 spiro atoms. The van der Waals surface area contributed by atoms with E-state index in [2.05, 4.69) is 20.6 Å². The lowest BCUT2D eigenvalue weighted by molar-refractivity contribution is -0.384. The zero-order valence-corrected chi connectivity index (χ0v) is 16.4. The number of hydrogen-bond donors (Lipinski definition) is 2. The third-order valence-corrected chi connectivity index (χ3v) is 4.75. The molecule has 0 fully saturated rings. The van der Waals surface area contributed by atoms with Crippen LogP contribution in [0.3, 0.4) is 0 Å². The third-order valence-electron chi connectivity index (χ3n) is 4.75. The summed E-state index contributed by atoms with van der Waals surface area (Å²) < 4.78 is 38.3. The van der Waals surface area contributed by atoms with Crippen LogP contribution < -0.4 is 10.6 Å². The highest BCUT2D eigenvalue weighted by Crippen LogP contribution is 2.31. The average molecular weight is 439 g/mol. The number of halogens is 3. The van der Waals surface area contributed by atoms with Crippen molar-refractivity contribution in [1.82, 2.24) is 9.97 Å². The molecule has 10 heteroatoms. The van der Waals surface area contributed by atoms with Crippen LogP contribution in [-0.4, -0.2) is 14.9 Å². The van der Waals surface area contributed by atoms with Gasteiger partial charge < -0.3 is 10.6 Å². The molecule has 0 saturated heterocycles. The lowest BCUT2D eigenvalue weighted by atomic mass is 10.1. The predicted octanol–water partition coefficient (Wildman–Crippen LogP) is 5.91. The van der Waals surface area contributed by atoms with Crippen LogP contribution in [0.4, 0.5) is 36.1 Å². The fourth-order valence-electron chi connectivity index (χ4n) is 3.09. The first-order valence-corrected chi connectivity index (χ1v) is 9.46. The smallest absolute Gasteiger partial charge is 0.381 e. The number of nitrogens with one attached hydrogen (secondary N) is 2. The number of nitro benzene ring substituents is 1. The molecule has 3 aromatic carbocycles. The lowest BCUT2D eigenvalue weighted by Gasteiger charge is -2.12. The number of alkyl halides is 3. The van der Waals surface area contributed by atoms with Gasteiger partial charge in [0.25, 0.3) is 5.69 Å². The summed E-state index contributed by atoms with van der Waals surface area (Å²) in [7, 11) is 0.